The molecule has 0 unspecified atom stereocenters. The van der Waals surface area contributed by atoms with Crippen molar-refractivity contribution in [2.45, 2.75) is 17.0 Å². The molecule has 0 spiro atoms. The van der Waals surface area contributed by atoms with E-state index in [-0.39, 0.29) is 5.15 Å². The van der Waals surface area contributed by atoms with Gasteiger partial charge < -0.3 is 0 Å². The fourth-order valence-corrected chi connectivity index (χ4v) is 2.66. The molecule has 2 aromatic rings. The lowest BCUT2D eigenvalue weighted by atomic mass is 10.3. The summed E-state index contributed by atoms with van der Waals surface area (Å²) in [6.07, 6.45) is -2.04. The van der Waals surface area contributed by atoms with Crippen LogP contribution in [-0.2, 0) is 11.9 Å². The van der Waals surface area contributed by atoms with Gasteiger partial charge in [0.15, 0.2) is 0 Å². The molecule has 8 heteroatoms. The van der Waals surface area contributed by atoms with Crippen LogP contribution in [0.15, 0.2) is 35.6 Å². The molecule has 2 heterocycles. The summed E-state index contributed by atoms with van der Waals surface area (Å²) in [6.45, 7) is 0. The molecule has 0 atom stereocenters. The number of aromatic nitrogens is 2. The fraction of sp³-hybridized carbons (Fsp3) is 0.167. The predicted octanol–water partition coefficient (Wildman–Crippen LogP) is 5.09. The smallest absolute Gasteiger partial charge is 0.249 e. The van der Waals surface area contributed by atoms with E-state index in [4.69, 9.17) is 23.2 Å². The molecule has 0 saturated carbocycles. The van der Waals surface area contributed by atoms with Crippen LogP contribution >= 0.6 is 35.0 Å². The summed E-state index contributed by atoms with van der Waals surface area (Å²) < 4.78 is 37.1. The molecule has 0 bridgehead atoms. The summed E-state index contributed by atoms with van der Waals surface area (Å²) in [7, 11) is 0. The first-order valence-corrected chi connectivity index (χ1v) is 7.06. The minimum Gasteiger partial charge on any atom is -0.249 e. The van der Waals surface area contributed by atoms with Gasteiger partial charge in [-0.05, 0) is 23.8 Å². The van der Waals surface area contributed by atoms with Gasteiger partial charge in [0.25, 0.3) is 0 Å². The molecule has 2 rings (SSSR count). The normalized spacial score (nSPS) is 11.7. The zero-order valence-corrected chi connectivity index (χ0v) is 12.1. The molecule has 2 aromatic heterocycles. The number of nitrogens with zero attached hydrogens (tertiary/aromatic N) is 2. The van der Waals surface area contributed by atoms with Crippen molar-refractivity contribution in [1.29, 1.82) is 0 Å². The Morgan fingerprint density at radius 3 is 2.40 bits per heavy atom. The van der Waals surface area contributed by atoms with Crippen LogP contribution in [0.2, 0.25) is 10.2 Å². The van der Waals surface area contributed by atoms with Gasteiger partial charge in [0, 0.05) is 23.2 Å². The first-order valence-electron chi connectivity index (χ1n) is 5.32. The lowest BCUT2D eigenvalue weighted by Gasteiger charge is -2.07. The molecular formula is C12H7Cl2F3N2S. The second-order valence-electron chi connectivity index (χ2n) is 3.77. The van der Waals surface area contributed by atoms with Crippen LogP contribution in [0, 0.1) is 0 Å². The van der Waals surface area contributed by atoms with E-state index in [9.17, 15) is 13.2 Å². The average molecular weight is 339 g/mol. The summed E-state index contributed by atoms with van der Waals surface area (Å²) in [5.74, 6) is 0.446. The molecule has 0 fully saturated rings. The summed E-state index contributed by atoms with van der Waals surface area (Å²) in [5, 5.41) is 1.23. The first-order chi connectivity index (χ1) is 9.36. The first kappa shape index (κ1) is 15.4. The Kier molecular flexibility index (Phi) is 4.78. The Morgan fingerprint density at radius 1 is 1.10 bits per heavy atom. The minimum absolute atomic E-state index is 0.288. The molecule has 106 valence electrons. The summed E-state index contributed by atoms with van der Waals surface area (Å²) >= 11 is 12.9. The molecule has 2 nitrogen and oxygen atoms in total. The SMILES string of the molecule is FC(F)(F)c1ccc(SCc2cnc(Cl)cc2Cl)nc1. The van der Waals surface area contributed by atoms with Crippen molar-refractivity contribution < 1.29 is 13.2 Å². The van der Waals surface area contributed by atoms with E-state index >= 15 is 0 Å². The lowest BCUT2D eigenvalue weighted by Crippen LogP contribution is -2.05. The van der Waals surface area contributed by atoms with Gasteiger partial charge in [-0.15, -0.1) is 11.8 Å². The molecule has 0 aliphatic rings. The number of pyridine rings is 2. The van der Waals surface area contributed by atoms with Gasteiger partial charge in [0.1, 0.15) is 5.15 Å². The topological polar surface area (TPSA) is 25.8 Å². The van der Waals surface area contributed by atoms with Gasteiger partial charge in [-0.25, -0.2) is 9.97 Å². The van der Waals surface area contributed by atoms with Gasteiger partial charge >= 0.3 is 6.18 Å². The minimum atomic E-state index is -4.38. The van der Waals surface area contributed by atoms with Crippen LogP contribution in [-0.4, -0.2) is 9.97 Å². The highest BCUT2D eigenvalue weighted by Gasteiger charge is 2.30. The van der Waals surface area contributed by atoms with E-state index in [1.165, 1.54) is 30.1 Å². The van der Waals surface area contributed by atoms with Crippen LogP contribution in [0.5, 0.6) is 0 Å². The molecular weight excluding hydrogens is 332 g/mol. The third-order valence-corrected chi connectivity index (χ3v) is 3.89. The highest BCUT2D eigenvalue weighted by Crippen LogP contribution is 2.31. The van der Waals surface area contributed by atoms with Crippen molar-refractivity contribution in [2.24, 2.45) is 0 Å². The Labute approximate surface area is 127 Å². The van der Waals surface area contributed by atoms with E-state index in [0.29, 0.717) is 15.8 Å². The third-order valence-electron chi connectivity index (χ3n) is 2.34. The fourth-order valence-electron chi connectivity index (χ4n) is 1.33. The maximum Gasteiger partial charge on any atom is 0.417 e. The summed E-state index contributed by atoms with van der Waals surface area (Å²) in [5.41, 5.74) is -0.0317. The number of thioether (sulfide) groups is 1. The number of hydrogen-bond donors (Lipinski definition) is 0. The number of halogens is 5. The maximum atomic E-state index is 12.4. The second kappa shape index (κ2) is 6.20. The Bertz CT molecular complexity index is 603. The third kappa shape index (κ3) is 4.01. The standard InChI is InChI=1S/C12H7Cl2F3N2S/c13-9-3-10(14)18-4-7(9)6-20-11-2-1-8(5-19-11)12(15,16)17/h1-5H,6H2. The van der Waals surface area contributed by atoms with Gasteiger partial charge in [-0.2, -0.15) is 13.2 Å². The van der Waals surface area contributed by atoms with E-state index in [1.54, 1.807) is 0 Å². The van der Waals surface area contributed by atoms with Gasteiger partial charge in [0.05, 0.1) is 10.6 Å². The van der Waals surface area contributed by atoms with Crippen molar-refractivity contribution in [2.75, 3.05) is 0 Å². The highest BCUT2D eigenvalue weighted by molar-refractivity contribution is 7.98. The van der Waals surface area contributed by atoms with Gasteiger partial charge in [-0.1, -0.05) is 23.2 Å². The Morgan fingerprint density at radius 2 is 1.85 bits per heavy atom. The number of rotatable bonds is 3. The molecule has 0 amide bonds. The van der Waals surface area contributed by atoms with Crippen LogP contribution in [0.4, 0.5) is 13.2 Å². The van der Waals surface area contributed by atoms with E-state index in [0.717, 1.165) is 17.8 Å². The predicted molar refractivity (Wildman–Crippen MR) is 73.1 cm³/mol. The zero-order valence-electron chi connectivity index (χ0n) is 9.79. The monoisotopic (exact) mass is 338 g/mol. The van der Waals surface area contributed by atoms with E-state index in [1.807, 2.05) is 0 Å². The van der Waals surface area contributed by atoms with E-state index in [2.05, 4.69) is 9.97 Å². The van der Waals surface area contributed by atoms with E-state index < -0.39 is 11.7 Å². The molecule has 0 saturated heterocycles. The molecule has 0 aromatic carbocycles. The Hall–Kier alpha value is -0.980. The van der Waals surface area contributed by atoms with Crippen LogP contribution in [0.25, 0.3) is 0 Å². The molecule has 0 radical (unpaired) electrons. The molecule has 0 N–H and O–H groups in total. The van der Waals surface area contributed by atoms with Gasteiger partial charge in [-0.3, -0.25) is 0 Å². The van der Waals surface area contributed by atoms with Crippen molar-refractivity contribution >= 4 is 35.0 Å². The highest BCUT2D eigenvalue weighted by atomic mass is 35.5. The number of hydrogen-bond acceptors (Lipinski definition) is 3. The van der Waals surface area contributed by atoms with Gasteiger partial charge in [0.2, 0.25) is 0 Å². The van der Waals surface area contributed by atoms with Crippen molar-refractivity contribution in [3.63, 3.8) is 0 Å². The zero-order chi connectivity index (χ0) is 14.8. The van der Waals surface area contributed by atoms with Crippen molar-refractivity contribution in [3.05, 3.63) is 51.9 Å². The lowest BCUT2D eigenvalue weighted by molar-refractivity contribution is -0.137. The average Bonchev–Trinajstić information content (AvgIpc) is 2.37. The van der Waals surface area contributed by atoms with Crippen LogP contribution < -0.4 is 0 Å². The van der Waals surface area contributed by atoms with Crippen LogP contribution in [0.3, 0.4) is 0 Å². The Balaban J connectivity index is 2.04. The molecule has 0 aliphatic carbocycles. The summed E-state index contributed by atoms with van der Waals surface area (Å²) in [6, 6.07) is 3.83. The maximum absolute atomic E-state index is 12.4. The largest absolute Gasteiger partial charge is 0.417 e. The van der Waals surface area contributed by atoms with Crippen molar-refractivity contribution in [1.82, 2.24) is 9.97 Å². The number of alkyl halides is 3. The molecule has 20 heavy (non-hydrogen) atoms. The molecule has 0 aliphatic heterocycles. The van der Waals surface area contributed by atoms with Crippen LogP contribution in [0.1, 0.15) is 11.1 Å². The summed E-state index contributed by atoms with van der Waals surface area (Å²) in [4.78, 5) is 7.66. The second-order valence-corrected chi connectivity index (χ2v) is 5.56. The van der Waals surface area contributed by atoms with Crippen molar-refractivity contribution in [3.8, 4) is 0 Å². The quantitative estimate of drug-likeness (QED) is 0.575.